The van der Waals surface area contributed by atoms with Gasteiger partial charge in [-0.2, -0.15) is 0 Å². The van der Waals surface area contributed by atoms with Crippen LogP contribution in [0.2, 0.25) is 0 Å². The van der Waals surface area contributed by atoms with Gasteiger partial charge in [0, 0.05) is 17.8 Å². The molecule has 1 saturated carbocycles. The van der Waals surface area contributed by atoms with E-state index in [0.29, 0.717) is 35.3 Å². The molecule has 1 heterocycles. The molecule has 128 valence electrons. The van der Waals surface area contributed by atoms with Crippen LogP contribution in [0.1, 0.15) is 41.1 Å². The van der Waals surface area contributed by atoms with Gasteiger partial charge in [-0.15, -0.1) is 0 Å². The summed E-state index contributed by atoms with van der Waals surface area (Å²) in [7, 11) is 1.54. The highest BCUT2D eigenvalue weighted by Gasteiger charge is 2.37. The second kappa shape index (κ2) is 6.24. The van der Waals surface area contributed by atoms with E-state index < -0.39 is 0 Å². The lowest BCUT2D eigenvalue weighted by atomic mass is 9.86. The maximum Gasteiger partial charge on any atom is 0.259 e. The number of carbonyl (C=O) groups is 2. The maximum absolute atomic E-state index is 12.5. The fourth-order valence-electron chi connectivity index (χ4n) is 3.53. The molecular weight excluding hydrogens is 316 g/mol. The van der Waals surface area contributed by atoms with Crippen LogP contribution in [-0.2, 0) is 4.79 Å². The molecule has 1 fully saturated rings. The summed E-state index contributed by atoms with van der Waals surface area (Å²) in [6.07, 6.45) is 2.96. The van der Waals surface area contributed by atoms with Crippen LogP contribution in [0.3, 0.4) is 0 Å². The third-order valence-corrected chi connectivity index (χ3v) is 4.93. The van der Waals surface area contributed by atoms with Crippen LogP contribution >= 0.6 is 0 Å². The van der Waals surface area contributed by atoms with E-state index in [1.165, 1.54) is 18.4 Å². The first-order chi connectivity index (χ1) is 12.2. The summed E-state index contributed by atoms with van der Waals surface area (Å²) in [5.41, 5.74) is 3.12. The zero-order valence-corrected chi connectivity index (χ0v) is 14.0. The molecule has 2 N–H and O–H groups in total. The SMILES string of the molecule is COc1ccccc1C(=O)Nc1ccc2c(c1)NC(=O)C[C@@H]2C1CC1. The van der Waals surface area contributed by atoms with Crippen molar-refractivity contribution in [1.82, 2.24) is 0 Å². The average molecular weight is 336 g/mol. The van der Waals surface area contributed by atoms with Gasteiger partial charge in [0.05, 0.1) is 12.7 Å². The van der Waals surface area contributed by atoms with Crippen molar-refractivity contribution >= 4 is 23.2 Å². The molecule has 1 atom stereocenters. The highest BCUT2D eigenvalue weighted by atomic mass is 16.5. The minimum absolute atomic E-state index is 0.0533. The number of hydrogen-bond acceptors (Lipinski definition) is 3. The van der Waals surface area contributed by atoms with Gasteiger partial charge in [-0.25, -0.2) is 0 Å². The Morgan fingerprint density at radius 2 is 2.00 bits per heavy atom. The predicted octanol–water partition coefficient (Wildman–Crippen LogP) is 3.78. The van der Waals surface area contributed by atoms with E-state index in [4.69, 9.17) is 4.74 Å². The van der Waals surface area contributed by atoms with E-state index in [1.807, 2.05) is 24.3 Å². The summed E-state index contributed by atoms with van der Waals surface area (Å²) in [5.74, 6) is 1.28. The number of para-hydroxylation sites is 1. The fraction of sp³-hybridized carbons (Fsp3) is 0.300. The van der Waals surface area contributed by atoms with Gasteiger partial charge in [0.25, 0.3) is 5.91 Å². The molecule has 0 bridgehead atoms. The minimum atomic E-state index is -0.238. The molecule has 5 heteroatoms. The molecule has 0 saturated heterocycles. The van der Waals surface area contributed by atoms with Crippen molar-refractivity contribution in [1.29, 1.82) is 0 Å². The quantitative estimate of drug-likeness (QED) is 0.893. The number of fused-ring (bicyclic) bond motifs is 1. The Morgan fingerprint density at radius 3 is 2.76 bits per heavy atom. The van der Waals surface area contributed by atoms with Gasteiger partial charge in [-0.3, -0.25) is 9.59 Å². The Labute approximate surface area is 146 Å². The molecule has 0 unspecified atom stereocenters. The lowest BCUT2D eigenvalue weighted by Gasteiger charge is -2.26. The molecule has 0 spiro atoms. The van der Waals surface area contributed by atoms with Crippen LogP contribution in [0, 0.1) is 5.92 Å². The Balaban J connectivity index is 1.59. The van der Waals surface area contributed by atoms with Crippen LogP contribution in [0.5, 0.6) is 5.75 Å². The minimum Gasteiger partial charge on any atom is -0.496 e. The molecule has 1 aliphatic carbocycles. The second-order valence-electron chi connectivity index (χ2n) is 6.65. The average Bonchev–Trinajstić information content (AvgIpc) is 3.45. The molecule has 2 aliphatic rings. The van der Waals surface area contributed by atoms with Gasteiger partial charge in [0.2, 0.25) is 5.91 Å². The molecular formula is C20H20N2O3. The lowest BCUT2D eigenvalue weighted by Crippen LogP contribution is -2.24. The number of benzene rings is 2. The van der Waals surface area contributed by atoms with Crippen molar-refractivity contribution in [2.45, 2.75) is 25.2 Å². The van der Waals surface area contributed by atoms with Crippen molar-refractivity contribution in [2.24, 2.45) is 5.92 Å². The molecule has 25 heavy (non-hydrogen) atoms. The van der Waals surface area contributed by atoms with Gasteiger partial charge in [0.15, 0.2) is 0 Å². The van der Waals surface area contributed by atoms with Gasteiger partial charge in [-0.1, -0.05) is 18.2 Å². The first-order valence-electron chi connectivity index (χ1n) is 8.54. The Kier molecular flexibility index (Phi) is 3.92. The summed E-state index contributed by atoms with van der Waals surface area (Å²) < 4.78 is 5.24. The van der Waals surface area contributed by atoms with Crippen molar-refractivity contribution < 1.29 is 14.3 Å². The van der Waals surface area contributed by atoms with Crippen molar-refractivity contribution in [3.05, 3.63) is 53.6 Å². The number of carbonyl (C=O) groups excluding carboxylic acids is 2. The van der Waals surface area contributed by atoms with Gasteiger partial charge in [0.1, 0.15) is 5.75 Å². The molecule has 1 aliphatic heterocycles. The van der Waals surface area contributed by atoms with E-state index in [-0.39, 0.29) is 11.8 Å². The Hall–Kier alpha value is -2.82. The largest absolute Gasteiger partial charge is 0.496 e. The summed E-state index contributed by atoms with van der Waals surface area (Å²) in [5, 5.41) is 5.82. The van der Waals surface area contributed by atoms with Crippen molar-refractivity contribution in [2.75, 3.05) is 17.7 Å². The van der Waals surface area contributed by atoms with Crippen LogP contribution in [0.25, 0.3) is 0 Å². The summed E-state index contributed by atoms with van der Waals surface area (Å²) in [6, 6.07) is 12.9. The topological polar surface area (TPSA) is 67.4 Å². The molecule has 2 aromatic rings. The third-order valence-electron chi connectivity index (χ3n) is 4.93. The van der Waals surface area contributed by atoms with E-state index in [0.717, 1.165) is 5.69 Å². The number of hydrogen-bond donors (Lipinski definition) is 2. The smallest absolute Gasteiger partial charge is 0.259 e. The van der Waals surface area contributed by atoms with Gasteiger partial charge in [-0.05, 0) is 54.5 Å². The first kappa shape index (κ1) is 15.7. The monoisotopic (exact) mass is 336 g/mol. The maximum atomic E-state index is 12.5. The zero-order chi connectivity index (χ0) is 17.4. The number of anilines is 2. The second-order valence-corrected chi connectivity index (χ2v) is 6.65. The van der Waals surface area contributed by atoms with Crippen LogP contribution < -0.4 is 15.4 Å². The number of ether oxygens (including phenoxy) is 1. The molecule has 2 amide bonds. The fourth-order valence-corrected chi connectivity index (χ4v) is 3.53. The Bertz CT molecular complexity index is 843. The summed E-state index contributed by atoms with van der Waals surface area (Å²) >= 11 is 0. The van der Waals surface area contributed by atoms with E-state index in [2.05, 4.69) is 10.6 Å². The Morgan fingerprint density at radius 1 is 1.20 bits per heavy atom. The van der Waals surface area contributed by atoms with E-state index in [9.17, 15) is 9.59 Å². The van der Waals surface area contributed by atoms with Crippen LogP contribution in [-0.4, -0.2) is 18.9 Å². The van der Waals surface area contributed by atoms with Gasteiger partial charge >= 0.3 is 0 Å². The summed E-state index contributed by atoms with van der Waals surface area (Å²) in [6.45, 7) is 0. The van der Waals surface area contributed by atoms with Crippen LogP contribution in [0.15, 0.2) is 42.5 Å². The highest BCUT2D eigenvalue weighted by Crippen LogP contribution is 2.48. The lowest BCUT2D eigenvalue weighted by molar-refractivity contribution is -0.117. The van der Waals surface area contributed by atoms with Gasteiger partial charge < -0.3 is 15.4 Å². The zero-order valence-electron chi connectivity index (χ0n) is 14.0. The first-order valence-corrected chi connectivity index (χ1v) is 8.54. The molecule has 2 aromatic carbocycles. The molecule has 0 radical (unpaired) electrons. The highest BCUT2D eigenvalue weighted by molar-refractivity contribution is 6.06. The number of amides is 2. The standard InChI is InChI=1S/C20H20N2O3/c1-25-18-5-3-2-4-15(18)20(24)21-13-8-9-14-16(12-6-7-12)11-19(23)22-17(14)10-13/h2-5,8-10,12,16H,6-7,11H2,1H3,(H,21,24)(H,22,23)/t16-/m1/s1. The molecule has 4 rings (SSSR count). The number of nitrogens with one attached hydrogen (secondary N) is 2. The molecule has 5 nitrogen and oxygen atoms in total. The van der Waals surface area contributed by atoms with E-state index >= 15 is 0 Å². The summed E-state index contributed by atoms with van der Waals surface area (Å²) in [4.78, 5) is 24.5. The predicted molar refractivity (Wildman–Crippen MR) is 96.1 cm³/mol. The van der Waals surface area contributed by atoms with Crippen LogP contribution in [0.4, 0.5) is 11.4 Å². The van der Waals surface area contributed by atoms with Crippen molar-refractivity contribution in [3.8, 4) is 5.75 Å². The van der Waals surface area contributed by atoms with E-state index in [1.54, 1.807) is 25.3 Å². The molecule has 0 aromatic heterocycles. The number of methoxy groups -OCH3 is 1. The third kappa shape index (κ3) is 3.09. The number of rotatable bonds is 4. The van der Waals surface area contributed by atoms with Crippen molar-refractivity contribution in [3.63, 3.8) is 0 Å². The normalized spacial score (nSPS) is 18.9.